The van der Waals surface area contributed by atoms with E-state index in [-0.39, 0.29) is 28.3 Å². The molecule has 1 atom stereocenters. The highest BCUT2D eigenvalue weighted by Crippen LogP contribution is 2.37. The summed E-state index contributed by atoms with van der Waals surface area (Å²) in [5, 5.41) is 11.3. The predicted octanol–water partition coefficient (Wildman–Crippen LogP) is 3.38. The topological polar surface area (TPSA) is 81.5 Å². The summed E-state index contributed by atoms with van der Waals surface area (Å²) in [6.07, 6.45) is 3.03. The molecular weight excluding hydrogens is 406 g/mol. The normalized spacial score (nSPS) is 21.2. The van der Waals surface area contributed by atoms with Gasteiger partial charge >= 0.3 is 0 Å². The first-order valence-electron chi connectivity index (χ1n) is 9.85. The molecule has 2 fully saturated rings. The Hall–Kier alpha value is -2.21. The zero-order valence-corrected chi connectivity index (χ0v) is 17.7. The van der Waals surface area contributed by atoms with E-state index in [0.717, 1.165) is 19.4 Å². The van der Waals surface area contributed by atoms with E-state index in [1.165, 1.54) is 21.3 Å². The molecule has 2 saturated heterocycles. The third-order valence-corrected chi connectivity index (χ3v) is 8.77. The Morgan fingerprint density at radius 2 is 1.83 bits per heavy atom. The Bertz CT molecular complexity index is 1020. The number of rotatable bonds is 4. The Morgan fingerprint density at radius 3 is 2.52 bits per heavy atom. The predicted molar refractivity (Wildman–Crippen MR) is 111 cm³/mol. The zero-order chi connectivity index (χ0) is 20.4. The summed E-state index contributed by atoms with van der Waals surface area (Å²) in [4.78, 5) is 16.4. The summed E-state index contributed by atoms with van der Waals surface area (Å²) in [5.74, 6) is 0.00333. The van der Waals surface area contributed by atoms with Crippen molar-refractivity contribution in [1.82, 2.24) is 9.21 Å². The number of sulfonamides is 1. The average Bonchev–Trinajstić information content (AvgIpc) is 3.45. The van der Waals surface area contributed by atoms with Gasteiger partial charge in [-0.2, -0.15) is 9.57 Å². The molecule has 152 valence electrons. The van der Waals surface area contributed by atoms with Crippen LogP contribution in [-0.2, 0) is 14.8 Å². The number of hydrogen-bond acceptors (Lipinski definition) is 5. The van der Waals surface area contributed by atoms with Crippen molar-refractivity contribution in [2.24, 2.45) is 5.92 Å². The molecule has 4 rings (SSSR count). The third kappa shape index (κ3) is 3.82. The van der Waals surface area contributed by atoms with Gasteiger partial charge in [0.2, 0.25) is 15.9 Å². The largest absolute Gasteiger partial charge is 0.335 e. The van der Waals surface area contributed by atoms with Crippen molar-refractivity contribution in [1.29, 1.82) is 5.26 Å². The van der Waals surface area contributed by atoms with Crippen molar-refractivity contribution in [3.8, 4) is 6.07 Å². The minimum Gasteiger partial charge on any atom is -0.335 e. The first-order valence-corrected chi connectivity index (χ1v) is 12.2. The van der Waals surface area contributed by atoms with Crippen LogP contribution in [0.15, 0.2) is 46.7 Å². The van der Waals surface area contributed by atoms with Gasteiger partial charge in [0, 0.05) is 30.4 Å². The highest BCUT2D eigenvalue weighted by molar-refractivity contribution is 7.89. The van der Waals surface area contributed by atoms with Crippen LogP contribution >= 0.6 is 11.3 Å². The fourth-order valence-corrected chi connectivity index (χ4v) is 6.79. The molecule has 2 aliphatic heterocycles. The summed E-state index contributed by atoms with van der Waals surface area (Å²) in [7, 11) is -3.73. The van der Waals surface area contributed by atoms with E-state index in [2.05, 4.69) is 6.07 Å². The zero-order valence-electron chi connectivity index (χ0n) is 16.0. The summed E-state index contributed by atoms with van der Waals surface area (Å²) in [6, 6.07) is 12.5. The maximum atomic E-state index is 13.2. The lowest BCUT2D eigenvalue weighted by Gasteiger charge is -2.34. The minimum atomic E-state index is -3.73. The molecule has 8 heteroatoms. The molecule has 6 nitrogen and oxygen atoms in total. The van der Waals surface area contributed by atoms with Crippen molar-refractivity contribution >= 4 is 27.3 Å². The highest BCUT2D eigenvalue weighted by atomic mass is 32.2. The number of likely N-dealkylation sites (tertiary alicyclic amines) is 1. The fraction of sp³-hybridized carbons (Fsp3) is 0.429. The molecule has 2 aliphatic rings. The second-order valence-electron chi connectivity index (χ2n) is 7.49. The lowest BCUT2D eigenvalue weighted by molar-refractivity contribution is -0.137. The number of nitrogens with zero attached hydrogens (tertiary/aromatic N) is 3. The molecule has 3 heterocycles. The van der Waals surface area contributed by atoms with Crippen molar-refractivity contribution in [2.75, 3.05) is 19.6 Å². The van der Waals surface area contributed by atoms with E-state index in [1.807, 2.05) is 22.4 Å². The van der Waals surface area contributed by atoms with Crippen LogP contribution in [0.2, 0.25) is 0 Å². The van der Waals surface area contributed by atoms with Crippen LogP contribution in [0.25, 0.3) is 0 Å². The molecule has 29 heavy (non-hydrogen) atoms. The van der Waals surface area contributed by atoms with Crippen LogP contribution in [0, 0.1) is 17.2 Å². The SMILES string of the molecule is N#Cc1ccccc1S(=O)(=O)N1CCC(C(=O)N2CCCC2c2cccs2)CC1. The summed E-state index contributed by atoms with van der Waals surface area (Å²) in [6.45, 7) is 1.38. The average molecular weight is 430 g/mol. The number of carbonyl (C=O) groups excluding carboxylic acids is 1. The van der Waals surface area contributed by atoms with Crippen LogP contribution in [-0.4, -0.2) is 43.2 Å². The number of hydrogen-bond donors (Lipinski definition) is 0. The number of nitriles is 1. The van der Waals surface area contributed by atoms with Crippen molar-refractivity contribution in [3.05, 3.63) is 52.2 Å². The standard InChI is InChI=1S/C21H23N3O3S2/c22-15-17-5-1-2-8-20(17)29(26,27)23-12-9-16(10-13-23)21(25)24-11-3-6-18(24)19-7-4-14-28-19/h1-2,4-5,7-8,14,16,18H,3,6,9-13H2. The second kappa shape index (κ2) is 8.27. The first kappa shape index (κ1) is 20.1. The highest BCUT2D eigenvalue weighted by Gasteiger charge is 2.38. The van der Waals surface area contributed by atoms with Gasteiger partial charge in [0.05, 0.1) is 16.5 Å². The molecule has 2 aromatic rings. The maximum Gasteiger partial charge on any atom is 0.244 e. The number of benzene rings is 1. The maximum absolute atomic E-state index is 13.2. The monoisotopic (exact) mass is 429 g/mol. The van der Waals surface area contributed by atoms with E-state index >= 15 is 0 Å². The van der Waals surface area contributed by atoms with Crippen molar-refractivity contribution < 1.29 is 13.2 Å². The van der Waals surface area contributed by atoms with E-state index in [1.54, 1.807) is 23.5 Å². The quantitative estimate of drug-likeness (QED) is 0.746. The van der Waals surface area contributed by atoms with Gasteiger partial charge in [-0.25, -0.2) is 8.42 Å². The Labute approximate surface area is 175 Å². The lowest BCUT2D eigenvalue weighted by Crippen LogP contribution is -2.44. The Kier molecular flexibility index (Phi) is 5.72. The van der Waals surface area contributed by atoms with Gasteiger partial charge in [-0.1, -0.05) is 18.2 Å². The Balaban J connectivity index is 1.44. The summed E-state index contributed by atoms with van der Waals surface area (Å²) < 4.78 is 27.4. The number of amides is 1. The molecule has 0 bridgehead atoms. The van der Waals surface area contributed by atoms with Gasteiger partial charge in [0.15, 0.2) is 0 Å². The molecule has 1 amide bonds. The second-order valence-corrected chi connectivity index (χ2v) is 10.4. The van der Waals surface area contributed by atoms with E-state index in [9.17, 15) is 18.5 Å². The molecule has 1 aromatic carbocycles. The molecular formula is C21H23N3O3S2. The van der Waals surface area contributed by atoms with Crippen molar-refractivity contribution in [2.45, 2.75) is 36.6 Å². The molecule has 0 aliphatic carbocycles. The van der Waals surface area contributed by atoms with Crippen LogP contribution in [0.4, 0.5) is 0 Å². The van der Waals surface area contributed by atoms with E-state index < -0.39 is 10.0 Å². The van der Waals surface area contributed by atoms with Crippen LogP contribution in [0.5, 0.6) is 0 Å². The van der Waals surface area contributed by atoms with Crippen LogP contribution in [0.1, 0.15) is 42.2 Å². The first-order chi connectivity index (χ1) is 14.0. The van der Waals surface area contributed by atoms with Gasteiger partial charge in [-0.3, -0.25) is 4.79 Å². The summed E-state index contributed by atoms with van der Waals surface area (Å²) >= 11 is 1.69. The molecule has 0 radical (unpaired) electrons. The van der Waals surface area contributed by atoms with Gasteiger partial charge in [-0.15, -0.1) is 11.3 Å². The smallest absolute Gasteiger partial charge is 0.244 e. The molecule has 1 unspecified atom stereocenters. The van der Waals surface area contributed by atoms with Gasteiger partial charge in [0.1, 0.15) is 6.07 Å². The molecule has 1 aromatic heterocycles. The third-order valence-electron chi connectivity index (χ3n) is 5.84. The number of piperidine rings is 1. The molecule has 0 N–H and O–H groups in total. The summed E-state index contributed by atoms with van der Waals surface area (Å²) in [5.41, 5.74) is 0.154. The fourth-order valence-electron chi connectivity index (χ4n) is 4.31. The number of thiophene rings is 1. The van der Waals surface area contributed by atoms with E-state index in [4.69, 9.17) is 0 Å². The van der Waals surface area contributed by atoms with Crippen LogP contribution < -0.4 is 0 Å². The number of carbonyl (C=O) groups is 1. The van der Waals surface area contributed by atoms with Gasteiger partial charge in [0.25, 0.3) is 0 Å². The molecule has 0 spiro atoms. The van der Waals surface area contributed by atoms with Crippen molar-refractivity contribution in [3.63, 3.8) is 0 Å². The van der Waals surface area contributed by atoms with E-state index in [0.29, 0.717) is 25.9 Å². The van der Waals surface area contributed by atoms with Gasteiger partial charge in [-0.05, 0) is 49.3 Å². The van der Waals surface area contributed by atoms with Crippen LogP contribution in [0.3, 0.4) is 0 Å². The Morgan fingerprint density at radius 1 is 1.07 bits per heavy atom. The molecule has 0 saturated carbocycles. The lowest BCUT2D eigenvalue weighted by atomic mass is 9.96. The van der Waals surface area contributed by atoms with Gasteiger partial charge < -0.3 is 4.90 Å². The minimum absolute atomic E-state index is 0.0459.